The largest absolute Gasteiger partial charge is 0.325 e. The first kappa shape index (κ1) is 12.0. The molecule has 1 rings (SSSR count). The predicted molar refractivity (Wildman–Crippen MR) is 63.3 cm³/mol. The Bertz CT molecular complexity index is 155. The van der Waals surface area contributed by atoms with Crippen LogP contribution >= 0.6 is 0 Å². The summed E-state index contributed by atoms with van der Waals surface area (Å²) in [5.74, 6) is 0.861. The van der Waals surface area contributed by atoms with E-state index in [4.69, 9.17) is 5.73 Å². The van der Waals surface area contributed by atoms with E-state index < -0.39 is 0 Å². The van der Waals surface area contributed by atoms with Gasteiger partial charge in [-0.25, -0.2) is 0 Å². The minimum atomic E-state index is 0.200. The van der Waals surface area contributed by atoms with Gasteiger partial charge >= 0.3 is 0 Å². The molecule has 0 aromatic carbocycles. The second kappa shape index (κ2) is 5.75. The molecule has 0 radical (unpaired) electrons. The average molecular weight is 197 g/mol. The molecule has 0 aromatic heterocycles. The van der Waals surface area contributed by atoms with Crippen LogP contribution in [-0.4, -0.2) is 5.54 Å². The number of rotatable bonds is 5. The first-order chi connectivity index (χ1) is 6.66. The first-order valence-corrected chi connectivity index (χ1v) is 6.45. The average Bonchev–Trinajstić information content (AvgIpc) is 2.12. The summed E-state index contributed by atoms with van der Waals surface area (Å²) < 4.78 is 0. The van der Waals surface area contributed by atoms with Crippen molar-refractivity contribution >= 4 is 0 Å². The fourth-order valence-corrected chi connectivity index (χ4v) is 2.83. The Morgan fingerprint density at radius 1 is 1.29 bits per heavy atom. The molecule has 1 heteroatoms. The van der Waals surface area contributed by atoms with E-state index in [2.05, 4.69) is 13.8 Å². The summed E-state index contributed by atoms with van der Waals surface area (Å²) in [6.07, 6.45) is 12.0. The van der Waals surface area contributed by atoms with E-state index in [1.165, 1.54) is 57.8 Å². The zero-order chi connectivity index (χ0) is 10.4. The third-order valence-electron chi connectivity index (χ3n) is 3.65. The molecule has 2 N–H and O–H groups in total. The maximum Gasteiger partial charge on any atom is 0.0156 e. The molecule has 0 bridgehead atoms. The van der Waals surface area contributed by atoms with Crippen molar-refractivity contribution in [1.82, 2.24) is 0 Å². The van der Waals surface area contributed by atoms with Crippen LogP contribution in [0.5, 0.6) is 0 Å². The Morgan fingerprint density at radius 2 is 2.07 bits per heavy atom. The van der Waals surface area contributed by atoms with E-state index >= 15 is 0 Å². The van der Waals surface area contributed by atoms with Crippen LogP contribution in [0.25, 0.3) is 0 Å². The summed E-state index contributed by atoms with van der Waals surface area (Å²) in [7, 11) is 0. The maximum atomic E-state index is 6.43. The van der Waals surface area contributed by atoms with Crippen LogP contribution in [0.4, 0.5) is 0 Å². The standard InChI is InChI=1S/C13H27N/c1-3-4-5-6-9-13(14)10-7-8-12(2)11-13/h12H,3-11,14H2,1-2H3. The molecule has 1 fully saturated rings. The van der Waals surface area contributed by atoms with E-state index in [9.17, 15) is 0 Å². The van der Waals surface area contributed by atoms with Gasteiger partial charge < -0.3 is 5.73 Å². The summed E-state index contributed by atoms with van der Waals surface area (Å²) in [5.41, 5.74) is 6.63. The molecule has 0 heterocycles. The molecule has 2 atom stereocenters. The lowest BCUT2D eigenvalue weighted by molar-refractivity contribution is 0.218. The second-order valence-corrected chi connectivity index (χ2v) is 5.37. The maximum absolute atomic E-state index is 6.43. The van der Waals surface area contributed by atoms with Gasteiger partial charge in [0, 0.05) is 5.54 Å². The van der Waals surface area contributed by atoms with Gasteiger partial charge in [-0.1, -0.05) is 52.4 Å². The first-order valence-electron chi connectivity index (χ1n) is 6.45. The smallest absolute Gasteiger partial charge is 0.0156 e. The minimum absolute atomic E-state index is 0.200. The monoisotopic (exact) mass is 197 g/mol. The topological polar surface area (TPSA) is 26.0 Å². The van der Waals surface area contributed by atoms with Crippen molar-refractivity contribution in [2.24, 2.45) is 11.7 Å². The number of unbranched alkanes of at least 4 members (excludes halogenated alkanes) is 3. The van der Waals surface area contributed by atoms with E-state index in [1.54, 1.807) is 0 Å². The highest BCUT2D eigenvalue weighted by atomic mass is 14.7. The molecular formula is C13H27N. The van der Waals surface area contributed by atoms with Gasteiger partial charge in [0.2, 0.25) is 0 Å². The Hall–Kier alpha value is -0.0400. The molecule has 1 saturated carbocycles. The molecule has 0 aliphatic heterocycles. The number of hydrogen-bond acceptors (Lipinski definition) is 1. The van der Waals surface area contributed by atoms with E-state index in [0.717, 1.165) is 5.92 Å². The van der Waals surface area contributed by atoms with Crippen molar-refractivity contribution in [3.05, 3.63) is 0 Å². The Morgan fingerprint density at radius 3 is 2.71 bits per heavy atom. The summed E-state index contributed by atoms with van der Waals surface area (Å²) in [6.45, 7) is 4.62. The summed E-state index contributed by atoms with van der Waals surface area (Å²) in [4.78, 5) is 0. The fourth-order valence-electron chi connectivity index (χ4n) is 2.83. The van der Waals surface area contributed by atoms with Crippen LogP contribution in [0, 0.1) is 5.92 Å². The molecule has 0 aromatic rings. The molecule has 1 aliphatic carbocycles. The van der Waals surface area contributed by atoms with Crippen LogP contribution in [0.3, 0.4) is 0 Å². The van der Waals surface area contributed by atoms with Gasteiger partial charge in [0.1, 0.15) is 0 Å². The molecule has 2 unspecified atom stereocenters. The fraction of sp³-hybridized carbons (Fsp3) is 1.00. The van der Waals surface area contributed by atoms with Crippen LogP contribution < -0.4 is 5.73 Å². The van der Waals surface area contributed by atoms with Gasteiger partial charge in [-0.3, -0.25) is 0 Å². The number of hydrogen-bond donors (Lipinski definition) is 1. The highest BCUT2D eigenvalue weighted by Crippen LogP contribution is 2.33. The van der Waals surface area contributed by atoms with Gasteiger partial charge in [-0.15, -0.1) is 0 Å². The van der Waals surface area contributed by atoms with Crippen LogP contribution in [0.2, 0.25) is 0 Å². The normalized spacial score (nSPS) is 33.2. The van der Waals surface area contributed by atoms with Crippen molar-refractivity contribution in [3.63, 3.8) is 0 Å². The van der Waals surface area contributed by atoms with Crippen molar-refractivity contribution in [3.8, 4) is 0 Å². The quantitative estimate of drug-likeness (QED) is 0.665. The van der Waals surface area contributed by atoms with Gasteiger partial charge in [0.25, 0.3) is 0 Å². The van der Waals surface area contributed by atoms with Crippen LogP contribution in [0.15, 0.2) is 0 Å². The molecule has 0 spiro atoms. The predicted octanol–water partition coefficient (Wildman–Crippen LogP) is 3.86. The van der Waals surface area contributed by atoms with E-state index in [1.807, 2.05) is 0 Å². The molecule has 14 heavy (non-hydrogen) atoms. The third kappa shape index (κ3) is 4.00. The molecule has 84 valence electrons. The Kier molecular flexibility index (Phi) is 4.94. The lowest BCUT2D eigenvalue weighted by Gasteiger charge is -2.37. The Balaban J connectivity index is 2.19. The van der Waals surface area contributed by atoms with E-state index in [0.29, 0.717) is 0 Å². The highest BCUT2D eigenvalue weighted by Gasteiger charge is 2.29. The second-order valence-electron chi connectivity index (χ2n) is 5.37. The van der Waals surface area contributed by atoms with Gasteiger partial charge in [0.15, 0.2) is 0 Å². The Labute approximate surface area is 89.5 Å². The SMILES string of the molecule is CCCCCCC1(N)CCCC(C)C1. The van der Waals surface area contributed by atoms with Gasteiger partial charge in [-0.05, 0) is 25.2 Å². The summed E-state index contributed by atoms with van der Waals surface area (Å²) in [6, 6.07) is 0. The zero-order valence-corrected chi connectivity index (χ0v) is 10.0. The molecule has 0 amide bonds. The van der Waals surface area contributed by atoms with Gasteiger partial charge in [0.05, 0.1) is 0 Å². The molecule has 0 saturated heterocycles. The summed E-state index contributed by atoms with van der Waals surface area (Å²) in [5, 5.41) is 0. The van der Waals surface area contributed by atoms with E-state index in [-0.39, 0.29) is 5.54 Å². The van der Waals surface area contributed by atoms with Crippen molar-refractivity contribution < 1.29 is 0 Å². The lowest BCUT2D eigenvalue weighted by atomic mass is 9.74. The molecule has 1 nitrogen and oxygen atoms in total. The third-order valence-corrected chi connectivity index (χ3v) is 3.65. The highest BCUT2D eigenvalue weighted by molar-refractivity contribution is 4.89. The van der Waals surface area contributed by atoms with Crippen molar-refractivity contribution in [2.45, 2.75) is 77.2 Å². The zero-order valence-electron chi connectivity index (χ0n) is 10.0. The molecular weight excluding hydrogens is 170 g/mol. The molecule has 1 aliphatic rings. The van der Waals surface area contributed by atoms with Crippen molar-refractivity contribution in [2.75, 3.05) is 0 Å². The summed E-state index contributed by atoms with van der Waals surface area (Å²) >= 11 is 0. The lowest BCUT2D eigenvalue weighted by Crippen LogP contribution is -2.43. The van der Waals surface area contributed by atoms with Crippen LogP contribution in [-0.2, 0) is 0 Å². The van der Waals surface area contributed by atoms with Crippen molar-refractivity contribution in [1.29, 1.82) is 0 Å². The number of nitrogens with two attached hydrogens (primary N) is 1. The van der Waals surface area contributed by atoms with Crippen LogP contribution in [0.1, 0.15) is 71.6 Å². The minimum Gasteiger partial charge on any atom is -0.325 e. The van der Waals surface area contributed by atoms with Gasteiger partial charge in [-0.2, -0.15) is 0 Å².